The molecule has 1 amide bonds. The number of benzene rings is 4. The molecule has 4 aromatic carbocycles. The van der Waals surface area contributed by atoms with Crippen LogP contribution in [0.4, 0.5) is 5.69 Å². The average Bonchev–Trinajstić information content (AvgIpc) is 2.80. The Morgan fingerprint density at radius 1 is 0.581 bits per heavy atom. The van der Waals surface area contributed by atoms with Gasteiger partial charge >= 0.3 is 0 Å². The minimum absolute atomic E-state index is 0.0820. The van der Waals surface area contributed by atoms with Crippen molar-refractivity contribution in [3.8, 4) is 11.1 Å². The second-order valence-corrected chi connectivity index (χ2v) is 8.08. The lowest BCUT2D eigenvalue weighted by molar-refractivity contribution is 0.102. The molecule has 0 radical (unpaired) electrons. The zero-order valence-electron chi connectivity index (χ0n) is 18.1. The first-order valence-corrected chi connectivity index (χ1v) is 10.7. The molecule has 31 heavy (non-hydrogen) atoms. The molecule has 0 spiro atoms. The minimum atomic E-state index is -0.0820. The van der Waals surface area contributed by atoms with Crippen LogP contribution in [-0.4, -0.2) is 5.91 Å². The van der Waals surface area contributed by atoms with Crippen LogP contribution in [0.2, 0.25) is 0 Å². The maximum Gasteiger partial charge on any atom is 0.255 e. The van der Waals surface area contributed by atoms with Crippen molar-refractivity contribution < 1.29 is 4.79 Å². The highest BCUT2D eigenvalue weighted by Crippen LogP contribution is 2.21. The highest BCUT2D eigenvalue weighted by molar-refractivity contribution is 6.04. The molecule has 2 heteroatoms. The van der Waals surface area contributed by atoms with Crippen LogP contribution in [0.25, 0.3) is 11.1 Å². The molecule has 154 valence electrons. The van der Waals surface area contributed by atoms with Gasteiger partial charge in [-0.25, -0.2) is 0 Å². The number of rotatable bonds is 6. The van der Waals surface area contributed by atoms with Crippen molar-refractivity contribution in [1.82, 2.24) is 0 Å². The normalized spacial score (nSPS) is 10.6. The Balaban J connectivity index is 1.32. The Bertz CT molecular complexity index is 1140. The fourth-order valence-corrected chi connectivity index (χ4v) is 3.56. The quantitative estimate of drug-likeness (QED) is 0.367. The van der Waals surface area contributed by atoms with Crippen molar-refractivity contribution in [3.05, 3.63) is 125 Å². The van der Waals surface area contributed by atoms with E-state index < -0.39 is 0 Å². The van der Waals surface area contributed by atoms with Crippen LogP contribution in [0.1, 0.15) is 32.6 Å². The van der Waals surface area contributed by atoms with Crippen LogP contribution in [0.5, 0.6) is 0 Å². The largest absolute Gasteiger partial charge is 0.322 e. The Morgan fingerprint density at radius 3 is 1.52 bits per heavy atom. The van der Waals surface area contributed by atoms with E-state index in [1.54, 1.807) is 0 Å². The van der Waals surface area contributed by atoms with E-state index in [4.69, 9.17) is 0 Å². The first-order chi connectivity index (χ1) is 15.1. The Labute approximate surface area is 184 Å². The van der Waals surface area contributed by atoms with Gasteiger partial charge in [-0.15, -0.1) is 0 Å². The summed E-state index contributed by atoms with van der Waals surface area (Å²) in [6, 6.07) is 33.2. The van der Waals surface area contributed by atoms with Crippen LogP contribution >= 0.6 is 0 Å². The van der Waals surface area contributed by atoms with Crippen molar-refractivity contribution in [1.29, 1.82) is 0 Å². The van der Waals surface area contributed by atoms with Gasteiger partial charge in [0.25, 0.3) is 5.91 Å². The standard InChI is InChI=1S/C29H27NO/c1-21-3-13-25(14-4-21)26-17-9-23(10-18-26)7-8-24-11-19-28(20-12-24)30-29(31)27-15-5-22(2)6-16-27/h3-6,9-20H,7-8H2,1-2H3,(H,30,31). The lowest BCUT2D eigenvalue weighted by atomic mass is 10.00. The van der Waals surface area contributed by atoms with Gasteiger partial charge in [0, 0.05) is 11.3 Å². The zero-order valence-corrected chi connectivity index (χ0v) is 18.1. The number of carbonyl (C=O) groups is 1. The van der Waals surface area contributed by atoms with E-state index in [1.807, 2.05) is 43.3 Å². The Kier molecular flexibility index (Phi) is 6.28. The number of hydrogen-bond acceptors (Lipinski definition) is 1. The molecule has 4 rings (SSSR count). The first-order valence-electron chi connectivity index (χ1n) is 10.7. The highest BCUT2D eigenvalue weighted by atomic mass is 16.1. The summed E-state index contributed by atoms with van der Waals surface area (Å²) in [7, 11) is 0. The topological polar surface area (TPSA) is 29.1 Å². The number of anilines is 1. The lowest BCUT2D eigenvalue weighted by Crippen LogP contribution is -2.11. The van der Waals surface area contributed by atoms with E-state index in [0.717, 1.165) is 24.1 Å². The van der Waals surface area contributed by atoms with Gasteiger partial charge in [-0.3, -0.25) is 4.79 Å². The van der Waals surface area contributed by atoms with Gasteiger partial charge in [0.15, 0.2) is 0 Å². The van der Waals surface area contributed by atoms with Gasteiger partial charge in [0.1, 0.15) is 0 Å². The van der Waals surface area contributed by atoms with Crippen molar-refractivity contribution in [2.24, 2.45) is 0 Å². The molecular formula is C29H27NO. The third-order valence-corrected chi connectivity index (χ3v) is 5.57. The SMILES string of the molecule is Cc1ccc(C(=O)Nc2ccc(CCc3ccc(-c4ccc(C)cc4)cc3)cc2)cc1. The third kappa shape index (κ3) is 5.49. The molecule has 0 heterocycles. The fraction of sp³-hybridized carbons (Fsp3) is 0.138. The zero-order chi connectivity index (χ0) is 21.6. The van der Waals surface area contributed by atoms with Crippen LogP contribution < -0.4 is 5.32 Å². The predicted octanol–water partition coefficient (Wildman–Crippen LogP) is 7.01. The van der Waals surface area contributed by atoms with Gasteiger partial charge < -0.3 is 5.32 Å². The Hall–Kier alpha value is -3.65. The molecule has 0 aliphatic rings. The number of carbonyl (C=O) groups excluding carboxylic acids is 1. The summed E-state index contributed by atoms with van der Waals surface area (Å²) in [4.78, 5) is 12.4. The van der Waals surface area contributed by atoms with Crippen LogP contribution in [0.3, 0.4) is 0 Å². The number of amides is 1. The summed E-state index contributed by atoms with van der Waals surface area (Å²) in [6.07, 6.45) is 1.96. The molecule has 4 aromatic rings. The monoisotopic (exact) mass is 405 g/mol. The minimum Gasteiger partial charge on any atom is -0.322 e. The van der Waals surface area contributed by atoms with E-state index in [2.05, 4.69) is 72.9 Å². The van der Waals surface area contributed by atoms with E-state index in [1.165, 1.54) is 27.8 Å². The summed E-state index contributed by atoms with van der Waals surface area (Å²) in [5, 5.41) is 2.96. The molecule has 0 fully saturated rings. The third-order valence-electron chi connectivity index (χ3n) is 5.57. The van der Waals surface area contributed by atoms with Crippen molar-refractivity contribution in [2.75, 3.05) is 5.32 Å². The molecule has 0 atom stereocenters. The summed E-state index contributed by atoms with van der Waals surface area (Å²) >= 11 is 0. The van der Waals surface area contributed by atoms with Crippen LogP contribution in [-0.2, 0) is 12.8 Å². The maximum absolute atomic E-state index is 12.4. The van der Waals surface area contributed by atoms with Gasteiger partial charge in [-0.05, 0) is 73.2 Å². The fourth-order valence-electron chi connectivity index (χ4n) is 3.56. The van der Waals surface area contributed by atoms with E-state index in [9.17, 15) is 4.79 Å². The molecule has 0 saturated heterocycles. The average molecular weight is 406 g/mol. The van der Waals surface area contributed by atoms with Crippen LogP contribution in [0, 0.1) is 13.8 Å². The second kappa shape index (κ2) is 9.44. The molecule has 0 aliphatic heterocycles. The Morgan fingerprint density at radius 2 is 1.00 bits per heavy atom. The molecular weight excluding hydrogens is 378 g/mol. The van der Waals surface area contributed by atoms with E-state index in [0.29, 0.717) is 5.56 Å². The number of nitrogens with one attached hydrogen (secondary N) is 1. The van der Waals surface area contributed by atoms with Gasteiger partial charge in [-0.2, -0.15) is 0 Å². The smallest absolute Gasteiger partial charge is 0.255 e. The maximum atomic E-state index is 12.4. The van der Waals surface area contributed by atoms with Crippen molar-refractivity contribution in [2.45, 2.75) is 26.7 Å². The lowest BCUT2D eigenvalue weighted by Gasteiger charge is -2.08. The van der Waals surface area contributed by atoms with Crippen molar-refractivity contribution in [3.63, 3.8) is 0 Å². The molecule has 2 nitrogen and oxygen atoms in total. The van der Waals surface area contributed by atoms with E-state index >= 15 is 0 Å². The number of aryl methyl sites for hydroxylation is 4. The molecule has 0 bridgehead atoms. The van der Waals surface area contributed by atoms with Gasteiger partial charge in [0.05, 0.1) is 0 Å². The van der Waals surface area contributed by atoms with Gasteiger partial charge in [0.2, 0.25) is 0 Å². The summed E-state index contributed by atoms with van der Waals surface area (Å²) in [5.41, 5.74) is 8.99. The van der Waals surface area contributed by atoms with Gasteiger partial charge in [-0.1, -0.05) is 83.9 Å². The van der Waals surface area contributed by atoms with Crippen LogP contribution in [0.15, 0.2) is 97.1 Å². The van der Waals surface area contributed by atoms with Crippen molar-refractivity contribution >= 4 is 11.6 Å². The first kappa shape index (κ1) is 20.6. The summed E-state index contributed by atoms with van der Waals surface area (Å²) < 4.78 is 0. The molecule has 0 unspecified atom stereocenters. The number of hydrogen-bond donors (Lipinski definition) is 1. The molecule has 0 aliphatic carbocycles. The molecule has 0 saturated carbocycles. The van der Waals surface area contributed by atoms with E-state index in [-0.39, 0.29) is 5.91 Å². The second-order valence-electron chi connectivity index (χ2n) is 8.08. The highest BCUT2D eigenvalue weighted by Gasteiger charge is 2.06. The summed E-state index contributed by atoms with van der Waals surface area (Å²) in [5.74, 6) is -0.0820. The predicted molar refractivity (Wildman–Crippen MR) is 130 cm³/mol. The molecule has 0 aromatic heterocycles. The summed E-state index contributed by atoms with van der Waals surface area (Å²) in [6.45, 7) is 4.12. The molecule has 1 N–H and O–H groups in total.